The van der Waals surface area contributed by atoms with Gasteiger partial charge in [0.25, 0.3) is 0 Å². The lowest BCUT2D eigenvalue weighted by Crippen LogP contribution is -1.96. The quantitative estimate of drug-likeness (QED) is 0.591. The van der Waals surface area contributed by atoms with Crippen molar-refractivity contribution in [3.8, 4) is 23.4 Å². The lowest BCUT2D eigenvalue weighted by Gasteiger charge is -2.01. The van der Waals surface area contributed by atoms with Crippen molar-refractivity contribution in [3.63, 3.8) is 0 Å². The number of hydrogen-bond acceptors (Lipinski definition) is 6. The van der Waals surface area contributed by atoms with Crippen LogP contribution in [0.1, 0.15) is 5.69 Å². The van der Waals surface area contributed by atoms with E-state index in [0.29, 0.717) is 11.5 Å². The van der Waals surface area contributed by atoms with Gasteiger partial charge in [-0.3, -0.25) is 9.83 Å². The second kappa shape index (κ2) is 5.96. The van der Waals surface area contributed by atoms with Gasteiger partial charge >= 0.3 is 0 Å². The number of nitrogens with one attached hydrogen (secondary N) is 1. The van der Waals surface area contributed by atoms with Gasteiger partial charge in [-0.05, 0) is 25.1 Å². The topological polar surface area (TPSA) is 102 Å². The number of aryl methyl sites for hydroxylation is 1. The molecule has 0 bridgehead atoms. The first-order chi connectivity index (χ1) is 11.2. The molecule has 7 nitrogen and oxygen atoms in total. The molecule has 3 aromatic rings. The van der Waals surface area contributed by atoms with E-state index >= 15 is 0 Å². The summed E-state index contributed by atoms with van der Waals surface area (Å²) >= 11 is 0. The van der Waals surface area contributed by atoms with Crippen LogP contribution in [0.2, 0.25) is 0 Å². The van der Waals surface area contributed by atoms with Gasteiger partial charge in [-0.15, -0.1) is 0 Å². The number of hydrazone groups is 1. The lowest BCUT2D eigenvalue weighted by atomic mass is 10.1. The van der Waals surface area contributed by atoms with Crippen molar-refractivity contribution in [3.05, 3.63) is 48.4 Å². The molecule has 0 saturated heterocycles. The van der Waals surface area contributed by atoms with E-state index in [1.807, 2.05) is 41.9 Å². The van der Waals surface area contributed by atoms with E-state index in [4.69, 9.17) is 10.5 Å². The molecule has 2 aromatic heterocycles. The standard InChI is InChI=1S/C16H11N7/c1-11-6-7-23-10-15(20-16(23)19-11)12-2-4-13(5-3-12)21-22-14(8-17)9-18/h2-7,10,21H,1H3. The molecule has 0 aliphatic carbocycles. The van der Waals surface area contributed by atoms with Crippen molar-refractivity contribution < 1.29 is 0 Å². The third kappa shape index (κ3) is 2.99. The Morgan fingerprint density at radius 1 is 1.13 bits per heavy atom. The van der Waals surface area contributed by atoms with Crippen molar-refractivity contribution in [2.45, 2.75) is 6.92 Å². The van der Waals surface area contributed by atoms with Crippen molar-refractivity contribution in [1.29, 1.82) is 10.5 Å². The maximum atomic E-state index is 8.63. The first-order valence-corrected chi connectivity index (χ1v) is 6.76. The minimum Gasteiger partial charge on any atom is -0.291 e. The number of benzene rings is 1. The van der Waals surface area contributed by atoms with Gasteiger partial charge in [-0.2, -0.15) is 15.6 Å². The molecule has 0 saturated carbocycles. The van der Waals surface area contributed by atoms with Crippen LogP contribution in [0.25, 0.3) is 17.0 Å². The van der Waals surface area contributed by atoms with Gasteiger partial charge < -0.3 is 0 Å². The highest BCUT2D eigenvalue weighted by Crippen LogP contribution is 2.21. The number of aromatic nitrogens is 3. The SMILES string of the molecule is Cc1ccn2cc(-c3ccc(NN=C(C#N)C#N)cc3)nc2n1. The Bertz CT molecular complexity index is 952. The predicted molar refractivity (Wildman–Crippen MR) is 85.4 cm³/mol. The Hall–Kier alpha value is -3.71. The Kier molecular flexibility index (Phi) is 3.69. The molecule has 2 heterocycles. The fourth-order valence-electron chi connectivity index (χ4n) is 2.01. The van der Waals surface area contributed by atoms with Gasteiger partial charge in [0.15, 0.2) is 0 Å². The zero-order chi connectivity index (χ0) is 16.2. The molecule has 0 atom stereocenters. The monoisotopic (exact) mass is 301 g/mol. The Morgan fingerprint density at radius 3 is 2.57 bits per heavy atom. The first-order valence-electron chi connectivity index (χ1n) is 6.76. The van der Waals surface area contributed by atoms with Crippen LogP contribution in [-0.2, 0) is 0 Å². The minimum atomic E-state index is -0.226. The summed E-state index contributed by atoms with van der Waals surface area (Å²) in [5, 5.41) is 20.9. The molecule has 1 N–H and O–H groups in total. The maximum absolute atomic E-state index is 8.63. The smallest absolute Gasteiger partial charge is 0.237 e. The van der Waals surface area contributed by atoms with Crippen LogP contribution in [0.4, 0.5) is 5.69 Å². The molecular formula is C16H11N7. The molecule has 0 amide bonds. The Labute approximate surface area is 132 Å². The molecule has 110 valence electrons. The van der Waals surface area contributed by atoms with E-state index < -0.39 is 0 Å². The summed E-state index contributed by atoms with van der Waals surface area (Å²) in [6, 6.07) is 12.7. The molecule has 0 aliphatic rings. The molecule has 7 heteroatoms. The van der Waals surface area contributed by atoms with Gasteiger partial charge in [0.1, 0.15) is 12.1 Å². The third-order valence-corrected chi connectivity index (χ3v) is 3.15. The van der Waals surface area contributed by atoms with Gasteiger partial charge in [0.2, 0.25) is 11.5 Å². The summed E-state index contributed by atoms with van der Waals surface area (Å²) in [7, 11) is 0. The molecule has 0 unspecified atom stereocenters. The van der Waals surface area contributed by atoms with Crippen molar-refractivity contribution in [2.24, 2.45) is 5.10 Å². The fourth-order valence-corrected chi connectivity index (χ4v) is 2.01. The molecular weight excluding hydrogens is 290 g/mol. The summed E-state index contributed by atoms with van der Waals surface area (Å²) < 4.78 is 1.87. The summed E-state index contributed by atoms with van der Waals surface area (Å²) in [5.74, 6) is 0.652. The number of hydrogen-bond donors (Lipinski definition) is 1. The second-order valence-corrected chi connectivity index (χ2v) is 4.78. The van der Waals surface area contributed by atoms with Crippen LogP contribution in [-0.4, -0.2) is 20.1 Å². The summed E-state index contributed by atoms with van der Waals surface area (Å²) in [5.41, 5.74) is 5.78. The number of nitrogens with zero attached hydrogens (tertiary/aromatic N) is 6. The zero-order valence-corrected chi connectivity index (χ0v) is 12.2. The Morgan fingerprint density at radius 2 is 1.87 bits per heavy atom. The number of fused-ring (bicyclic) bond motifs is 1. The van der Waals surface area contributed by atoms with E-state index in [1.165, 1.54) is 0 Å². The van der Waals surface area contributed by atoms with Crippen molar-refractivity contribution >= 4 is 17.2 Å². The average Bonchev–Trinajstić information content (AvgIpc) is 2.99. The molecule has 3 rings (SSSR count). The van der Waals surface area contributed by atoms with Gasteiger partial charge in [0.05, 0.1) is 11.4 Å². The van der Waals surface area contributed by atoms with Crippen LogP contribution in [0.3, 0.4) is 0 Å². The predicted octanol–water partition coefficient (Wildman–Crippen LogP) is 2.52. The van der Waals surface area contributed by atoms with E-state index in [0.717, 1.165) is 17.0 Å². The zero-order valence-electron chi connectivity index (χ0n) is 12.2. The molecule has 23 heavy (non-hydrogen) atoms. The van der Waals surface area contributed by atoms with Crippen LogP contribution in [0.15, 0.2) is 47.8 Å². The highest BCUT2D eigenvalue weighted by molar-refractivity contribution is 6.10. The lowest BCUT2D eigenvalue weighted by molar-refractivity contribution is 1.07. The molecule has 0 fully saturated rings. The largest absolute Gasteiger partial charge is 0.291 e. The Balaban J connectivity index is 1.85. The highest BCUT2D eigenvalue weighted by atomic mass is 15.3. The average molecular weight is 301 g/mol. The third-order valence-electron chi connectivity index (χ3n) is 3.15. The summed E-state index contributed by atoms with van der Waals surface area (Å²) in [6.07, 6.45) is 3.83. The molecule has 1 aromatic carbocycles. The van der Waals surface area contributed by atoms with Crippen molar-refractivity contribution in [1.82, 2.24) is 14.4 Å². The van der Waals surface area contributed by atoms with Crippen molar-refractivity contribution in [2.75, 3.05) is 5.43 Å². The van der Waals surface area contributed by atoms with Crippen LogP contribution < -0.4 is 5.43 Å². The highest BCUT2D eigenvalue weighted by Gasteiger charge is 2.05. The van der Waals surface area contributed by atoms with E-state index in [-0.39, 0.29) is 5.71 Å². The van der Waals surface area contributed by atoms with E-state index in [9.17, 15) is 0 Å². The summed E-state index contributed by atoms with van der Waals surface area (Å²) in [6.45, 7) is 1.92. The number of imidazole rings is 1. The maximum Gasteiger partial charge on any atom is 0.237 e. The molecule has 0 aliphatic heterocycles. The van der Waals surface area contributed by atoms with Crippen LogP contribution in [0.5, 0.6) is 0 Å². The van der Waals surface area contributed by atoms with Crippen LogP contribution >= 0.6 is 0 Å². The number of nitriles is 2. The first kappa shape index (κ1) is 14.2. The van der Waals surface area contributed by atoms with Gasteiger partial charge in [-0.1, -0.05) is 12.1 Å². The minimum absolute atomic E-state index is 0.226. The van der Waals surface area contributed by atoms with Gasteiger partial charge in [-0.25, -0.2) is 9.97 Å². The normalized spacial score (nSPS) is 9.87. The molecule has 0 spiro atoms. The van der Waals surface area contributed by atoms with Gasteiger partial charge in [0, 0.05) is 23.7 Å². The fraction of sp³-hybridized carbons (Fsp3) is 0.0625. The number of anilines is 1. The second-order valence-electron chi connectivity index (χ2n) is 4.78. The van der Waals surface area contributed by atoms with E-state index in [2.05, 4.69) is 20.5 Å². The van der Waals surface area contributed by atoms with Crippen LogP contribution in [0, 0.1) is 29.6 Å². The summed E-state index contributed by atoms with van der Waals surface area (Å²) in [4.78, 5) is 8.86. The molecule has 0 radical (unpaired) electrons. The van der Waals surface area contributed by atoms with E-state index in [1.54, 1.807) is 24.3 Å². The number of rotatable bonds is 3.